The van der Waals surface area contributed by atoms with E-state index in [1.165, 1.54) is 35.2 Å². The van der Waals surface area contributed by atoms with Gasteiger partial charge in [0.05, 0.1) is 35.7 Å². The first kappa shape index (κ1) is 34.1. The molecule has 2 saturated heterocycles. The summed E-state index contributed by atoms with van der Waals surface area (Å²) < 4.78 is 20.9. The Morgan fingerprint density at radius 1 is 1.00 bits per heavy atom. The molecule has 0 aliphatic carbocycles. The van der Waals surface area contributed by atoms with Crippen LogP contribution in [0.5, 0.6) is 5.75 Å². The van der Waals surface area contributed by atoms with Crippen LogP contribution in [-0.2, 0) is 27.9 Å². The number of fused-ring (bicyclic) bond motifs is 1. The third-order valence-electron chi connectivity index (χ3n) is 9.76. The molecule has 0 radical (unpaired) electrons. The lowest BCUT2D eigenvalue weighted by molar-refractivity contribution is -0.117. The van der Waals surface area contributed by atoms with E-state index >= 15 is 0 Å². The lowest BCUT2D eigenvalue weighted by Crippen LogP contribution is -2.37. The van der Waals surface area contributed by atoms with Crippen molar-refractivity contribution in [2.24, 2.45) is 7.05 Å². The minimum atomic E-state index is -0.249. The standard InChI is InChI=1S/C39H49N3O5S/c1-5-8-9-11-27(6-2)36-37(40(4)33-25-34(48-38(33)36)39(44)46-7-3)28-13-16-31(17-14-28)47-26-29-24-30(42-19-10-12-35(42)43)15-18-32(29)41-20-22-45-23-21-41/h13-18,24-25,27H,5-12,19-23,26H2,1-4H3. The highest BCUT2D eigenvalue weighted by Crippen LogP contribution is 2.45. The number of hydrogen-bond acceptors (Lipinski definition) is 7. The van der Waals surface area contributed by atoms with E-state index in [9.17, 15) is 9.59 Å². The number of aromatic nitrogens is 1. The summed E-state index contributed by atoms with van der Waals surface area (Å²) in [5, 5.41) is 0. The lowest BCUT2D eigenvalue weighted by Gasteiger charge is -2.31. The Kier molecular flexibility index (Phi) is 11.1. The smallest absolute Gasteiger partial charge is 0.348 e. The molecule has 0 N–H and O–H groups in total. The maximum absolute atomic E-state index is 12.7. The van der Waals surface area contributed by atoms with Crippen LogP contribution in [-0.4, -0.2) is 55.9 Å². The number of nitrogens with zero attached hydrogens (tertiary/aromatic N) is 3. The molecule has 0 spiro atoms. The number of thiophene rings is 1. The van der Waals surface area contributed by atoms with Gasteiger partial charge in [-0.15, -0.1) is 11.3 Å². The van der Waals surface area contributed by atoms with E-state index in [4.69, 9.17) is 14.2 Å². The van der Waals surface area contributed by atoms with Crippen LogP contribution in [0.15, 0.2) is 48.5 Å². The number of amides is 1. The van der Waals surface area contributed by atoms with Crippen LogP contribution in [0, 0.1) is 0 Å². The van der Waals surface area contributed by atoms with Gasteiger partial charge in [-0.05, 0) is 91.8 Å². The van der Waals surface area contributed by atoms with Crippen molar-refractivity contribution in [1.82, 2.24) is 4.57 Å². The maximum Gasteiger partial charge on any atom is 0.348 e. The summed E-state index contributed by atoms with van der Waals surface area (Å²) in [6.45, 7) is 11.0. The van der Waals surface area contributed by atoms with Gasteiger partial charge in [-0.3, -0.25) is 4.79 Å². The first-order valence-electron chi connectivity index (χ1n) is 17.7. The lowest BCUT2D eigenvalue weighted by atomic mass is 9.89. The number of aryl methyl sites for hydroxylation is 1. The van der Waals surface area contributed by atoms with Gasteiger partial charge < -0.3 is 28.6 Å². The summed E-state index contributed by atoms with van der Waals surface area (Å²) in [4.78, 5) is 30.1. The molecule has 2 aliphatic heterocycles. The number of ether oxygens (including phenoxy) is 3. The number of benzene rings is 2. The van der Waals surface area contributed by atoms with Gasteiger partial charge in [0.25, 0.3) is 0 Å². The minimum absolute atomic E-state index is 0.185. The minimum Gasteiger partial charge on any atom is -0.489 e. The van der Waals surface area contributed by atoms with Gasteiger partial charge in [-0.1, -0.05) is 33.1 Å². The number of hydrogen-bond donors (Lipinski definition) is 0. The van der Waals surface area contributed by atoms with Gasteiger partial charge in [0.2, 0.25) is 5.91 Å². The predicted octanol–water partition coefficient (Wildman–Crippen LogP) is 8.70. The third kappa shape index (κ3) is 7.13. The number of unbranched alkanes of at least 4 members (excludes halogenated alkanes) is 2. The van der Waals surface area contributed by atoms with E-state index < -0.39 is 0 Å². The van der Waals surface area contributed by atoms with Crippen LogP contribution in [0.25, 0.3) is 21.5 Å². The predicted molar refractivity (Wildman–Crippen MR) is 195 cm³/mol. The number of anilines is 2. The molecule has 4 heterocycles. The van der Waals surface area contributed by atoms with Gasteiger partial charge >= 0.3 is 5.97 Å². The normalized spacial score (nSPS) is 15.8. The Morgan fingerprint density at radius 2 is 1.79 bits per heavy atom. The van der Waals surface area contributed by atoms with E-state index in [0.717, 1.165) is 72.7 Å². The molecule has 256 valence electrons. The molecule has 1 amide bonds. The molecule has 2 fully saturated rings. The number of esters is 1. The average Bonchev–Trinajstić information content (AvgIpc) is 3.82. The molecule has 8 nitrogen and oxygen atoms in total. The zero-order valence-corrected chi connectivity index (χ0v) is 29.7. The Morgan fingerprint density at radius 3 is 2.48 bits per heavy atom. The van der Waals surface area contributed by atoms with Crippen molar-refractivity contribution in [2.45, 2.75) is 78.2 Å². The molecular formula is C39H49N3O5S. The fourth-order valence-electron chi connectivity index (χ4n) is 7.22. The van der Waals surface area contributed by atoms with Crippen molar-refractivity contribution in [3.63, 3.8) is 0 Å². The van der Waals surface area contributed by atoms with E-state index in [1.54, 1.807) is 11.3 Å². The van der Waals surface area contributed by atoms with Crippen molar-refractivity contribution in [2.75, 3.05) is 49.3 Å². The largest absolute Gasteiger partial charge is 0.489 e. The molecule has 2 aromatic carbocycles. The van der Waals surface area contributed by atoms with Crippen LogP contribution in [0.3, 0.4) is 0 Å². The van der Waals surface area contributed by atoms with E-state index in [1.807, 2.05) is 17.9 Å². The highest BCUT2D eigenvalue weighted by Gasteiger charge is 2.27. The molecule has 2 aromatic heterocycles. The molecule has 9 heteroatoms. The average molecular weight is 672 g/mol. The molecule has 1 unspecified atom stereocenters. The summed E-state index contributed by atoms with van der Waals surface area (Å²) >= 11 is 1.56. The van der Waals surface area contributed by atoms with Crippen LogP contribution < -0.4 is 14.5 Å². The molecule has 0 saturated carbocycles. The Labute approximate surface area is 288 Å². The van der Waals surface area contributed by atoms with Gasteiger partial charge in [0.1, 0.15) is 17.2 Å². The molecular weight excluding hydrogens is 623 g/mol. The SMILES string of the molecule is CCCCCC(CC)c1c(-c2ccc(OCc3cc(N4CCCC4=O)ccc3N3CCOCC3)cc2)n(C)c2cc(C(=O)OCC)sc12. The number of morpholine rings is 1. The molecule has 6 rings (SSSR count). The van der Waals surface area contributed by atoms with Crippen molar-refractivity contribution >= 4 is 44.8 Å². The molecule has 1 atom stereocenters. The van der Waals surface area contributed by atoms with Gasteiger partial charge in [-0.25, -0.2) is 4.79 Å². The maximum atomic E-state index is 12.7. The highest BCUT2D eigenvalue weighted by atomic mass is 32.1. The van der Waals surface area contributed by atoms with Crippen LogP contribution in [0.1, 0.15) is 92.4 Å². The van der Waals surface area contributed by atoms with E-state index in [-0.39, 0.29) is 11.9 Å². The summed E-state index contributed by atoms with van der Waals surface area (Å²) in [6.07, 6.45) is 7.26. The monoisotopic (exact) mass is 671 g/mol. The second-order valence-corrected chi connectivity index (χ2v) is 13.9. The van der Waals surface area contributed by atoms with Gasteiger partial charge in [0, 0.05) is 50.0 Å². The number of carbonyl (C=O) groups excluding carboxylic acids is 2. The zero-order chi connectivity index (χ0) is 33.6. The third-order valence-corrected chi connectivity index (χ3v) is 10.9. The van der Waals surface area contributed by atoms with Crippen LogP contribution >= 0.6 is 11.3 Å². The quantitative estimate of drug-likeness (QED) is 0.0987. The van der Waals surface area contributed by atoms with Crippen molar-refractivity contribution in [1.29, 1.82) is 0 Å². The van der Waals surface area contributed by atoms with Crippen LogP contribution in [0.2, 0.25) is 0 Å². The first-order chi connectivity index (χ1) is 23.4. The molecule has 2 aliphatic rings. The van der Waals surface area contributed by atoms with Crippen LogP contribution in [0.4, 0.5) is 11.4 Å². The number of rotatable bonds is 14. The summed E-state index contributed by atoms with van der Waals surface area (Å²) in [5.74, 6) is 1.13. The topological polar surface area (TPSA) is 73.2 Å². The summed E-state index contributed by atoms with van der Waals surface area (Å²) in [5.41, 5.74) is 7.90. The first-order valence-corrected chi connectivity index (χ1v) is 18.5. The Balaban J connectivity index is 1.29. The van der Waals surface area contributed by atoms with Crippen molar-refractivity contribution in [3.8, 4) is 17.0 Å². The molecule has 4 aromatic rings. The fourth-order valence-corrected chi connectivity index (χ4v) is 8.42. The summed E-state index contributed by atoms with van der Waals surface area (Å²) in [6, 6.07) is 16.8. The van der Waals surface area contributed by atoms with E-state index in [2.05, 4.69) is 72.8 Å². The van der Waals surface area contributed by atoms with Crippen molar-refractivity contribution in [3.05, 3.63) is 64.5 Å². The number of carbonyl (C=O) groups is 2. The second kappa shape index (κ2) is 15.6. The van der Waals surface area contributed by atoms with E-state index in [0.29, 0.717) is 43.6 Å². The summed E-state index contributed by atoms with van der Waals surface area (Å²) in [7, 11) is 2.11. The molecule has 0 bridgehead atoms. The van der Waals surface area contributed by atoms with Crippen molar-refractivity contribution < 1.29 is 23.8 Å². The highest BCUT2D eigenvalue weighted by molar-refractivity contribution is 7.21. The Hall–Kier alpha value is -3.82. The molecule has 48 heavy (non-hydrogen) atoms. The second-order valence-electron chi connectivity index (χ2n) is 12.8. The fraction of sp³-hybridized carbons (Fsp3) is 0.487. The zero-order valence-electron chi connectivity index (χ0n) is 28.9. The van der Waals surface area contributed by atoms with Gasteiger partial charge in [0.15, 0.2) is 0 Å². The van der Waals surface area contributed by atoms with Gasteiger partial charge in [-0.2, -0.15) is 0 Å². The Bertz CT molecular complexity index is 1720.